The van der Waals surface area contributed by atoms with Gasteiger partial charge < -0.3 is 10.6 Å². The van der Waals surface area contributed by atoms with E-state index < -0.39 is 0 Å². The van der Waals surface area contributed by atoms with Crippen LogP contribution in [-0.4, -0.2) is 35.3 Å². The molecule has 0 aliphatic carbocycles. The van der Waals surface area contributed by atoms with Gasteiger partial charge in [0.15, 0.2) is 0 Å². The molecule has 3 rings (SSSR count). The molecule has 6 heteroatoms. The van der Waals surface area contributed by atoms with Crippen molar-refractivity contribution < 1.29 is 4.79 Å². The third-order valence-electron chi connectivity index (χ3n) is 5.03. The van der Waals surface area contributed by atoms with Crippen LogP contribution in [0.2, 0.25) is 5.02 Å². The van der Waals surface area contributed by atoms with Crippen molar-refractivity contribution in [3.63, 3.8) is 0 Å². The molecule has 0 spiro atoms. The van der Waals surface area contributed by atoms with E-state index in [0.717, 1.165) is 22.7 Å². The number of hydrogen-bond acceptors (Lipinski definition) is 3. The molecule has 0 bridgehead atoms. The van der Waals surface area contributed by atoms with Crippen molar-refractivity contribution in [3.05, 3.63) is 52.8 Å². The zero-order valence-electron chi connectivity index (χ0n) is 14.9. The third kappa shape index (κ3) is 4.05. The highest BCUT2D eigenvalue weighted by Gasteiger charge is 2.35. The highest BCUT2D eigenvalue weighted by Crippen LogP contribution is 2.29. The van der Waals surface area contributed by atoms with E-state index >= 15 is 0 Å². The van der Waals surface area contributed by atoms with Crippen LogP contribution < -0.4 is 10.6 Å². The van der Waals surface area contributed by atoms with Crippen molar-refractivity contribution in [2.24, 2.45) is 13.0 Å². The molecule has 5 nitrogen and oxygen atoms in total. The summed E-state index contributed by atoms with van der Waals surface area (Å²) in [5, 5.41) is 11.4. The number of rotatable bonds is 5. The van der Waals surface area contributed by atoms with Gasteiger partial charge in [0.25, 0.3) is 0 Å². The van der Waals surface area contributed by atoms with Gasteiger partial charge in [-0.05, 0) is 23.3 Å². The van der Waals surface area contributed by atoms with Gasteiger partial charge in [-0.2, -0.15) is 5.10 Å². The number of nitrogens with one attached hydrogen (secondary N) is 2. The summed E-state index contributed by atoms with van der Waals surface area (Å²) >= 11 is 5.97. The molecule has 2 heterocycles. The van der Waals surface area contributed by atoms with E-state index in [9.17, 15) is 4.79 Å². The predicted octanol–water partition coefficient (Wildman–Crippen LogP) is 2.47. The second-order valence-corrected chi connectivity index (χ2v) is 7.86. The van der Waals surface area contributed by atoms with Gasteiger partial charge >= 0.3 is 0 Å². The first-order chi connectivity index (χ1) is 11.9. The second kappa shape index (κ2) is 7.18. The van der Waals surface area contributed by atoms with E-state index in [1.807, 2.05) is 43.7 Å². The molecule has 1 fully saturated rings. The summed E-state index contributed by atoms with van der Waals surface area (Å²) in [6.45, 7) is 6.35. The summed E-state index contributed by atoms with van der Waals surface area (Å²) in [6.07, 6.45) is 3.85. The number of aryl methyl sites for hydroxylation is 1. The lowest BCUT2D eigenvalue weighted by Gasteiger charge is -2.27. The van der Waals surface area contributed by atoms with E-state index in [4.69, 9.17) is 11.6 Å². The van der Waals surface area contributed by atoms with Crippen LogP contribution in [0.15, 0.2) is 36.7 Å². The van der Waals surface area contributed by atoms with Crippen molar-refractivity contribution in [1.29, 1.82) is 0 Å². The quantitative estimate of drug-likeness (QED) is 0.861. The van der Waals surface area contributed by atoms with Gasteiger partial charge in [0.1, 0.15) is 0 Å². The summed E-state index contributed by atoms with van der Waals surface area (Å²) in [5.41, 5.74) is 2.12. The maximum Gasteiger partial charge on any atom is 0.225 e. The van der Waals surface area contributed by atoms with Crippen molar-refractivity contribution >= 4 is 17.5 Å². The minimum atomic E-state index is -0.157. The average Bonchev–Trinajstić information content (AvgIpc) is 3.21. The minimum absolute atomic E-state index is 0.0646. The normalized spacial score (nSPS) is 20.6. The standard InChI is InChI=1S/C19H25ClN4O/c1-19(2,14-4-6-15(20)7-5-14)12-22-18(25)17-10-21-9-16(17)13-8-23-24(3)11-13/h4-8,11,16-17,21H,9-10,12H2,1-3H3,(H,22,25)/t16-,17+/m1/s1. The topological polar surface area (TPSA) is 59.0 Å². The Labute approximate surface area is 153 Å². The van der Waals surface area contributed by atoms with Crippen LogP contribution in [0.3, 0.4) is 0 Å². The fraction of sp³-hybridized carbons (Fsp3) is 0.474. The lowest BCUT2D eigenvalue weighted by atomic mass is 9.84. The van der Waals surface area contributed by atoms with Crippen molar-refractivity contribution in [3.8, 4) is 0 Å². The van der Waals surface area contributed by atoms with Gasteiger partial charge in [-0.1, -0.05) is 37.6 Å². The Balaban J connectivity index is 1.64. The lowest BCUT2D eigenvalue weighted by Crippen LogP contribution is -2.41. The van der Waals surface area contributed by atoms with Crippen molar-refractivity contribution in [2.75, 3.05) is 19.6 Å². The largest absolute Gasteiger partial charge is 0.355 e. The molecule has 1 aromatic heterocycles. The summed E-state index contributed by atoms with van der Waals surface area (Å²) in [7, 11) is 1.90. The highest BCUT2D eigenvalue weighted by molar-refractivity contribution is 6.30. The number of hydrogen-bond donors (Lipinski definition) is 2. The monoisotopic (exact) mass is 360 g/mol. The maximum absolute atomic E-state index is 12.8. The summed E-state index contributed by atoms with van der Waals surface area (Å²) in [4.78, 5) is 12.8. The van der Waals surface area contributed by atoms with E-state index in [-0.39, 0.29) is 23.2 Å². The predicted molar refractivity (Wildman–Crippen MR) is 99.8 cm³/mol. The average molecular weight is 361 g/mol. The van der Waals surface area contributed by atoms with E-state index in [1.54, 1.807) is 4.68 Å². The zero-order valence-corrected chi connectivity index (χ0v) is 15.7. The first-order valence-corrected chi connectivity index (χ1v) is 8.97. The minimum Gasteiger partial charge on any atom is -0.355 e. The van der Waals surface area contributed by atoms with Crippen LogP contribution >= 0.6 is 11.6 Å². The molecular weight excluding hydrogens is 336 g/mol. The highest BCUT2D eigenvalue weighted by atomic mass is 35.5. The second-order valence-electron chi connectivity index (χ2n) is 7.43. The molecule has 2 atom stereocenters. The van der Waals surface area contributed by atoms with E-state index in [2.05, 4.69) is 29.6 Å². The Bertz CT molecular complexity index is 738. The van der Waals surface area contributed by atoms with Crippen LogP contribution in [0.4, 0.5) is 0 Å². The molecule has 1 saturated heterocycles. The van der Waals surface area contributed by atoms with Crippen LogP contribution in [0, 0.1) is 5.92 Å². The number of aromatic nitrogens is 2. The fourth-order valence-corrected chi connectivity index (χ4v) is 3.50. The van der Waals surface area contributed by atoms with Gasteiger partial charge in [-0.3, -0.25) is 9.48 Å². The van der Waals surface area contributed by atoms with Gasteiger partial charge in [0.2, 0.25) is 5.91 Å². The Morgan fingerprint density at radius 3 is 2.72 bits per heavy atom. The number of nitrogens with zero attached hydrogens (tertiary/aromatic N) is 2. The Hall–Kier alpha value is -1.85. The molecule has 2 N–H and O–H groups in total. The molecule has 0 radical (unpaired) electrons. The third-order valence-corrected chi connectivity index (χ3v) is 5.29. The van der Waals surface area contributed by atoms with Crippen LogP contribution in [-0.2, 0) is 17.3 Å². The molecule has 25 heavy (non-hydrogen) atoms. The molecule has 1 aromatic carbocycles. The van der Waals surface area contributed by atoms with Gasteiger partial charge in [-0.25, -0.2) is 0 Å². The summed E-state index contributed by atoms with van der Waals surface area (Å²) < 4.78 is 1.78. The van der Waals surface area contributed by atoms with Crippen LogP contribution in [0.25, 0.3) is 0 Å². The molecule has 0 saturated carbocycles. The first-order valence-electron chi connectivity index (χ1n) is 8.60. The van der Waals surface area contributed by atoms with Crippen molar-refractivity contribution in [1.82, 2.24) is 20.4 Å². The Morgan fingerprint density at radius 2 is 2.08 bits per heavy atom. The van der Waals surface area contributed by atoms with E-state index in [0.29, 0.717) is 13.1 Å². The van der Waals surface area contributed by atoms with Gasteiger partial charge in [-0.15, -0.1) is 0 Å². The van der Waals surface area contributed by atoms with Crippen LogP contribution in [0.5, 0.6) is 0 Å². The molecule has 1 aliphatic rings. The molecule has 134 valence electrons. The number of benzene rings is 1. The number of carbonyl (C=O) groups excluding carboxylic acids is 1. The fourth-order valence-electron chi connectivity index (χ4n) is 3.38. The van der Waals surface area contributed by atoms with Gasteiger partial charge in [0.05, 0.1) is 12.1 Å². The molecule has 2 aromatic rings. The number of amides is 1. The summed E-state index contributed by atoms with van der Waals surface area (Å²) in [6, 6.07) is 7.81. The lowest BCUT2D eigenvalue weighted by molar-refractivity contribution is -0.125. The van der Waals surface area contributed by atoms with Gasteiger partial charge in [0, 0.05) is 49.2 Å². The molecule has 1 amide bonds. The number of carbonyl (C=O) groups is 1. The number of halogens is 1. The zero-order chi connectivity index (χ0) is 18.0. The SMILES string of the molecule is Cn1cc([C@H]2CNC[C@@H]2C(=O)NCC(C)(C)c2ccc(Cl)cc2)cn1. The van der Waals surface area contributed by atoms with Crippen LogP contribution in [0.1, 0.15) is 30.9 Å². The molecule has 0 unspecified atom stereocenters. The maximum atomic E-state index is 12.8. The Morgan fingerprint density at radius 1 is 1.36 bits per heavy atom. The van der Waals surface area contributed by atoms with E-state index in [1.165, 1.54) is 0 Å². The van der Waals surface area contributed by atoms with Crippen molar-refractivity contribution in [2.45, 2.75) is 25.2 Å². The first kappa shape index (κ1) is 18.0. The summed E-state index contributed by atoms with van der Waals surface area (Å²) in [5.74, 6) is 0.207. The molecular formula is C19H25ClN4O. The molecule has 1 aliphatic heterocycles. The smallest absolute Gasteiger partial charge is 0.225 e. The Kier molecular flexibility index (Phi) is 5.16.